The summed E-state index contributed by atoms with van der Waals surface area (Å²) in [5, 5.41) is 9.17. The molecule has 120 valence electrons. The lowest BCUT2D eigenvalue weighted by atomic mass is 10.0. The molecule has 1 atom stereocenters. The van der Waals surface area contributed by atoms with E-state index < -0.39 is 0 Å². The Kier molecular flexibility index (Phi) is 6.44. The highest BCUT2D eigenvalue weighted by atomic mass is 16.7. The lowest BCUT2D eigenvalue weighted by Crippen LogP contribution is -2.23. The van der Waals surface area contributed by atoms with Crippen molar-refractivity contribution in [2.45, 2.75) is 44.8 Å². The van der Waals surface area contributed by atoms with Crippen LogP contribution in [0, 0.1) is 11.3 Å². The summed E-state index contributed by atoms with van der Waals surface area (Å²) in [7, 11) is 1.37. The number of H-pyrrole nitrogens is 1. The van der Waals surface area contributed by atoms with Crippen molar-refractivity contribution >= 4 is 5.97 Å². The molecular weight excluding hydrogens is 284 g/mol. The molecule has 2 rings (SSSR count). The Morgan fingerprint density at radius 2 is 2.36 bits per heavy atom. The largest absolute Gasteiger partial charge is 0.469 e. The molecule has 0 saturated carbocycles. The van der Waals surface area contributed by atoms with Crippen LogP contribution in [0.2, 0.25) is 0 Å². The maximum absolute atomic E-state index is 11.3. The van der Waals surface area contributed by atoms with Crippen molar-refractivity contribution in [2.75, 3.05) is 20.3 Å². The van der Waals surface area contributed by atoms with E-state index in [1.54, 1.807) is 6.20 Å². The highest BCUT2D eigenvalue weighted by Crippen LogP contribution is 2.18. The molecule has 1 aliphatic heterocycles. The first-order valence-electron chi connectivity index (χ1n) is 7.64. The molecule has 6 heteroatoms. The summed E-state index contributed by atoms with van der Waals surface area (Å²) in [4.78, 5) is 14.2. The molecule has 0 radical (unpaired) electrons. The van der Waals surface area contributed by atoms with Gasteiger partial charge < -0.3 is 19.2 Å². The van der Waals surface area contributed by atoms with Gasteiger partial charge in [-0.25, -0.2) is 0 Å². The molecule has 2 heterocycles. The minimum absolute atomic E-state index is 0.128. The van der Waals surface area contributed by atoms with Gasteiger partial charge in [0.25, 0.3) is 0 Å². The number of aryl methyl sites for hydroxylation is 1. The molecule has 0 spiro atoms. The summed E-state index contributed by atoms with van der Waals surface area (Å²) in [6.45, 7) is 1.26. The van der Waals surface area contributed by atoms with Gasteiger partial charge in [-0.15, -0.1) is 0 Å². The second-order valence-electron chi connectivity index (χ2n) is 5.27. The summed E-state index contributed by atoms with van der Waals surface area (Å²) in [6.07, 6.45) is 6.29. The molecule has 22 heavy (non-hydrogen) atoms. The number of nitriles is 1. The predicted octanol–water partition coefficient (Wildman–Crippen LogP) is 2.08. The smallest absolute Gasteiger partial charge is 0.305 e. The first-order chi connectivity index (χ1) is 10.7. The van der Waals surface area contributed by atoms with Gasteiger partial charge in [0, 0.05) is 19.2 Å². The summed E-state index contributed by atoms with van der Waals surface area (Å²) in [5.74, 6) is -0.252. The molecule has 1 aromatic heterocycles. The Morgan fingerprint density at radius 1 is 1.50 bits per heavy atom. The monoisotopic (exact) mass is 306 g/mol. The second-order valence-corrected chi connectivity index (χ2v) is 5.27. The van der Waals surface area contributed by atoms with Crippen molar-refractivity contribution < 1.29 is 19.0 Å². The van der Waals surface area contributed by atoms with Crippen molar-refractivity contribution in [3.05, 3.63) is 23.0 Å². The molecule has 1 fully saturated rings. The molecule has 1 unspecified atom stereocenters. The Bertz CT molecular complexity index is 527. The number of carbonyl (C=O) groups excluding carboxylic acids is 1. The van der Waals surface area contributed by atoms with Crippen LogP contribution in [0.25, 0.3) is 0 Å². The number of hydrogen-bond donors (Lipinski definition) is 1. The van der Waals surface area contributed by atoms with Crippen LogP contribution in [0.3, 0.4) is 0 Å². The van der Waals surface area contributed by atoms with Crippen LogP contribution in [0.4, 0.5) is 0 Å². The highest BCUT2D eigenvalue weighted by Gasteiger charge is 2.16. The predicted molar refractivity (Wildman–Crippen MR) is 79.1 cm³/mol. The third-order valence-corrected chi connectivity index (χ3v) is 3.81. The number of hydrogen-bond acceptors (Lipinski definition) is 5. The minimum atomic E-state index is -0.252. The molecule has 0 aliphatic carbocycles. The normalized spacial score (nSPS) is 17.9. The number of rotatable bonds is 7. The van der Waals surface area contributed by atoms with Gasteiger partial charge in [0.2, 0.25) is 0 Å². The van der Waals surface area contributed by atoms with E-state index in [0.717, 1.165) is 37.0 Å². The number of methoxy groups -OCH3 is 1. The maximum Gasteiger partial charge on any atom is 0.305 e. The third kappa shape index (κ3) is 4.58. The Balaban J connectivity index is 1.88. The van der Waals surface area contributed by atoms with Crippen molar-refractivity contribution in [2.24, 2.45) is 0 Å². The van der Waals surface area contributed by atoms with Gasteiger partial charge in [-0.3, -0.25) is 4.79 Å². The van der Waals surface area contributed by atoms with Crippen LogP contribution in [0.5, 0.6) is 0 Å². The summed E-state index contributed by atoms with van der Waals surface area (Å²) >= 11 is 0. The van der Waals surface area contributed by atoms with Crippen molar-refractivity contribution in [1.29, 1.82) is 5.26 Å². The van der Waals surface area contributed by atoms with E-state index in [0.29, 0.717) is 31.6 Å². The molecule has 1 aliphatic rings. The number of carbonyl (C=O) groups is 1. The van der Waals surface area contributed by atoms with Crippen molar-refractivity contribution in [3.63, 3.8) is 0 Å². The van der Waals surface area contributed by atoms with Crippen LogP contribution in [-0.4, -0.2) is 37.6 Å². The van der Waals surface area contributed by atoms with Crippen LogP contribution >= 0.6 is 0 Å². The highest BCUT2D eigenvalue weighted by molar-refractivity contribution is 5.69. The van der Waals surface area contributed by atoms with E-state index in [4.69, 9.17) is 14.7 Å². The van der Waals surface area contributed by atoms with Gasteiger partial charge >= 0.3 is 5.97 Å². The van der Waals surface area contributed by atoms with Crippen LogP contribution in [0.1, 0.15) is 42.5 Å². The standard InChI is InChI=1S/C16H22N2O4/c1-20-15(19)6-5-12-11-18-14(10-17)13(12)7-9-22-16-4-2-3-8-21-16/h11,16,18H,2-9H2,1H3. The van der Waals surface area contributed by atoms with Crippen LogP contribution < -0.4 is 0 Å². The first kappa shape index (κ1) is 16.5. The van der Waals surface area contributed by atoms with Crippen LogP contribution in [-0.2, 0) is 31.8 Å². The zero-order chi connectivity index (χ0) is 15.8. The first-order valence-corrected chi connectivity index (χ1v) is 7.64. The average molecular weight is 306 g/mol. The summed E-state index contributed by atoms with van der Waals surface area (Å²) in [5.41, 5.74) is 2.42. The fourth-order valence-corrected chi connectivity index (χ4v) is 2.58. The van der Waals surface area contributed by atoms with E-state index >= 15 is 0 Å². The topological polar surface area (TPSA) is 84.3 Å². The summed E-state index contributed by atoms with van der Waals surface area (Å²) < 4.78 is 15.9. The van der Waals surface area contributed by atoms with Gasteiger partial charge in [-0.05, 0) is 43.2 Å². The Labute approximate surface area is 130 Å². The number of nitrogens with zero attached hydrogens (tertiary/aromatic N) is 1. The van der Waals surface area contributed by atoms with E-state index in [1.165, 1.54) is 7.11 Å². The minimum Gasteiger partial charge on any atom is -0.469 e. The zero-order valence-electron chi connectivity index (χ0n) is 12.9. The number of nitrogens with one attached hydrogen (secondary N) is 1. The molecule has 1 N–H and O–H groups in total. The van der Waals surface area contributed by atoms with Crippen molar-refractivity contribution in [1.82, 2.24) is 4.98 Å². The van der Waals surface area contributed by atoms with E-state index in [1.807, 2.05) is 0 Å². The molecular formula is C16H22N2O4. The van der Waals surface area contributed by atoms with E-state index in [2.05, 4.69) is 15.8 Å². The van der Waals surface area contributed by atoms with Gasteiger partial charge in [0.05, 0.1) is 13.7 Å². The number of aromatic amines is 1. The molecule has 0 amide bonds. The Morgan fingerprint density at radius 3 is 3.05 bits per heavy atom. The second kappa shape index (κ2) is 8.57. The molecule has 0 bridgehead atoms. The lowest BCUT2D eigenvalue weighted by molar-refractivity contribution is -0.161. The SMILES string of the molecule is COC(=O)CCc1c[nH]c(C#N)c1CCOC1CCCCO1. The number of aromatic nitrogens is 1. The fourth-order valence-electron chi connectivity index (χ4n) is 2.58. The third-order valence-electron chi connectivity index (χ3n) is 3.81. The van der Waals surface area contributed by atoms with Gasteiger partial charge in [0.1, 0.15) is 11.8 Å². The van der Waals surface area contributed by atoms with E-state index in [9.17, 15) is 4.79 Å². The molecule has 0 aromatic carbocycles. The molecule has 1 saturated heterocycles. The summed E-state index contributed by atoms with van der Waals surface area (Å²) in [6, 6.07) is 2.15. The maximum atomic E-state index is 11.3. The zero-order valence-corrected chi connectivity index (χ0v) is 12.9. The van der Waals surface area contributed by atoms with Gasteiger partial charge in [-0.2, -0.15) is 5.26 Å². The average Bonchev–Trinajstić information content (AvgIpc) is 2.95. The van der Waals surface area contributed by atoms with E-state index in [-0.39, 0.29) is 12.3 Å². The lowest BCUT2D eigenvalue weighted by Gasteiger charge is -2.22. The molecule has 1 aromatic rings. The van der Waals surface area contributed by atoms with Gasteiger partial charge in [-0.1, -0.05) is 0 Å². The van der Waals surface area contributed by atoms with Crippen molar-refractivity contribution in [3.8, 4) is 6.07 Å². The molecule has 6 nitrogen and oxygen atoms in total. The Hall–Kier alpha value is -1.84. The number of esters is 1. The number of ether oxygens (including phenoxy) is 3. The van der Waals surface area contributed by atoms with Crippen LogP contribution in [0.15, 0.2) is 6.20 Å². The quantitative estimate of drug-likeness (QED) is 0.780. The van der Waals surface area contributed by atoms with Gasteiger partial charge in [0.15, 0.2) is 6.29 Å². The fraction of sp³-hybridized carbons (Fsp3) is 0.625.